The first-order valence-corrected chi connectivity index (χ1v) is 12.2. The van der Waals surface area contributed by atoms with Crippen LogP contribution in [0, 0.1) is 11.8 Å². The van der Waals surface area contributed by atoms with Gasteiger partial charge in [-0.05, 0) is 61.9 Å². The first kappa shape index (κ1) is 23.9. The van der Waals surface area contributed by atoms with E-state index in [1.807, 2.05) is 29.2 Å². The first-order valence-electron chi connectivity index (χ1n) is 11.8. The Morgan fingerprint density at radius 3 is 2.91 bits per heavy atom. The minimum absolute atomic E-state index is 0.0776. The van der Waals surface area contributed by atoms with Gasteiger partial charge in [-0.25, -0.2) is 9.37 Å². The number of carbonyl (C=O) groups excluding carboxylic acids is 1. The largest absolute Gasteiger partial charge is 0.385 e. The molecule has 6 nitrogen and oxygen atoms in total. The highest BCUT2D eigenvalue weighted by Gasteiger charge is 2.26. The number of anilines is 2. The number of nitrogens with zero attached hydrogens (tertiary/aromatic N) is 2. The molecular weight excluding hydrogens is 443 g/mol. The van der Waals surface area contributed by atoms with Crippen molar-refractivity contribution in [1.29, 1.82) is 0 Å². The highest BCUT2D eigenvalue weighted by Crippen LogP contribution is 2.31. The maximum Gasteiger partial charge on any atom is 0.229 e. The molecule has 3 heterocycles. The van der Waals surface area contributed by atoms with Gasteiger partial charge in [-0.1, -0.05) is 23.7 Å². The molecule has 0 bridgehead atoms. The van der Waals surface area contributed by atoms with Crippen LogP contribution in [0.4, 0.5) is 15.9 Å². The van der Waals surface area contributed by atoms with Crippen LogP contribution in [0.25, 0.3) is 11.1 Å². The van der Waals surface area contributed by atoms with Gasteiger partial charge in [-0.3, -0.25) is 9.69 Å². The van der Waals surface area contributed by atoms with Crippen LogP contribution in [0.5, 0.6) is 0 Å². The zero-order valence-corrected chi connectivity index (χ0v) is 19.6. The van der Waals surface area contributed by atoms with Gasteiger partial charge >= 0.3 is 0 Å². The third kappa shape index (κ3) is 6.65. The van der Waals surface area contributed by atoms with E-state index in [2.05, 4.69) is 21.7 Å². The van der Waals surface area contributed by atoms with Gasteiger partial charge in [0.25, 0.3) is 0 Å². The van der Waals surface area contributed by atoms with Crippen molar-refractivity contribution in [3.05, 3.63) is 41.6 Å². The third-order valence-corrected chi connectivity index (χ3v) is 6.79. The van der Waals surface area contributed by atoms with Crippen LogP contribution < -0.4 is 10.6 Å². The second kappa shape index (κ2) is 11.8. The molecule has 0 spiro atoms. The lowest BCUT2D eigenvalue weighted by Gasteiger charge is -2.31. The van der Waals surface area contributed by atoms with E-state index in [1.54, 1.807) is 6.20 Å². The van der Waals surface area contributed by atoms with E-state index in [9.17, 15) is 9.18 Å². The maximum atomic E-state index is 12.8. The Morgan fingerprint density at radius 1 is 1.24 bits per heavy atom. The summed E-state index contributed by atoms with van der Waals surface area (Å²) in [4.78, 5) is 19.1. The number of likely N-dealkylation sites (tertiary alicyclic amines) is 1. The van der Waals surface area contributed by atoms with Crippen molar-refractivity contribution in [2.24, 2.45) is 11.8 Å². The molecule has 1 aromatic heterocycles. The molecule has 4 rings (SSSR count). The third-order valence-electron chi connectivity index (χ3n) is 6.49. The Hall–Kier alpha value is -2.22. The second-order valence-corrected chi connectivity index (χ2v) is 9.29. The maximum absolute atomic E-state index is 12.8. The summed E-state index contributed by atoms with van der Waals surface area (Å²) < 4.78 is 18.1. The molecule has 2 aliphatic heterocycles. The van der Waals surface area contributed by atoms with E-state index in [0.29, 0.717) is 29.8 Å². The van der Waals surface area contributed by atoms with Gasteiger partial charge in [0.15, 0.2) is 0 Å². The molecule has 0 saturated carbocycles. The van der Waals surface area contributed by atoms with E-state index in [1.165, 1.54) is 0 Å². The summed E-state index contributed by atoms with van der Waals surface area (Å²) in [5.41, 5.74) is 2.81. The van der Waals surface area contributed by atoms with Gasteiger partial charge in [0.1, 0.15) is 12.5 Å². The monoisotopic (exact) mass is 474 g/mol. The van der Waals surface area contributed by atoms with E-state index < -0.39 is 0 Å². The van der Waals surface area contributed by atoms with Crippen LogP contribution >= 0.6 is 11.6 Å². The number of nitrogens with one attached hydrogen (secondary N) is 2. The summed E-state index contributed by atoms with van der Waals surface area (Å²) in [6.45, 7) is 4.00. The van der Waals surface area contributed by atoms with Gasteiger partial charge in [0, 0.05) is 50.3 Å². The molecule has 8 heteroatoms. The lowest BCUT2D eigenvalue weighted by Crippen LogP contribution is -2.41. The second-order valence-electron chi connectivity index (χ2n) is 8.88. The molecule has 1 atom stereocenters. The van der Waals surface area contributed by atoms with E-state index in [0.717, 1.165) is 68.8 Å². The lowest BCUT2D eigenvalue weighted by atomic mass is 9.97. The molecule has 2 aliphatic rings. The number of carbonyl (C=O) groups is 1. The van der Waals surface area contributed by atoms with Crippen molar-refractivity contribution in [3.8, 4) is 11.1 Å². The summed E-state index contributed by atoms with van der Waals surface area (Å²) in [7, 11) is 0. The zero-order chi connectivity index (χ0) is 23.0. The molecule has 2 aromatic rings. The van der Waals surface area contributed by atoms with E-state index in [-0.39, 0.29) is 18.5 Å². The fourth-order valence-electron chi connectivity index (χ4n) is 4.56. The number of pyridine rings is 1. The first-order chi connectivity index (χ1) is 16.1. The number of rotatable bonds is 8. The van der Waals surface area contributed by atoms with Crippen LogP contribution in [0.3, 0.4) is 0 Å². The zero-order valence-electron chi connectivity index (χ0n) is 18.9. The topological polar surface area (TPSA) is 66.5 Å². The highest BCUT2D eigenvalue weighted by atomic mass is 35.5. The standard InChI is InChI=1S/C25H32ClFN4O2/c26-23-16-29-24(30-25(32)20-4-2-9-31(17-20)10-8-27)14-22(23)19-3-1-5-21(13-19)28-15-18-6-11-33-12-7-18/h1,3,5,13-14,16,18,20,28H,2,4,6-12,15,17H2,(H,29,30,32)/t20-/m0/s1. The number of aromatic nitrogens is 1. The average molecular weight is 475 g/mol. The molecule has 0 aliphatic carbocycles. The Morgan fingerprint density at radius 2 is 2.09 bits per heavy atom. The predicted octanol–water partition coefficient (Wildman–Crippen LogP) is 4.86. The molecule has 1 aromatic carbocycles. The number of benzene rings is 1. The van der Waals surface area contributed by atoms with Crippen molar-refractivity contribution in [2.75, 3.05) is 56.7 Å². The predicted molar refractivity (Wildman–Crippen MR) is 130 cm³/mol. The number of hydrogen-bond acceptors (Lipinski definition) is 5. The van der Waals surface area contributed by atoms with Crippen LogP contribution in [0.2, 0.25) is 5.02 Å². The van der Waals surface area contributed by atoms with Gasteiger partial charge in [-0.2, -0.15) is 0 Å². The quantitative estimate of drug-likeness (QED) is 0.572. The van der Waals surface area contributed by atoms with Gasteiger partial charge in [0.05, 0.1) is 10.9 Å². The highest BCUT2D eigenvalue weighted by molar-refractivity contribution is 6.33. The van der Waals surface area contributed by atoms with Gasteiger partial charge in [0.2, 0.25) is 5.91 Å². The molecule has 33 heavy (non-hydrogen) atoms. The fraction of sp³-hybridized carbons (Fsp3) is 0.520. The van der Waals surface area contributed by atoms with Crippen molar-refractivity contribution >= 4 is 29.0 Å². The van der Waals surface area contributed by atoms with Crippen molar-refractivity contribution in [3.63, 3.8) is 0 Å². The van der Waals surface area contributed by atoms with Gasteiger partial charge < -0.3 is 15.4 Å². The Labute approximate surface area is 199 Å². The Balaban J connectivity index is 1.42. The van der Waals surface area contributed by atoms with Crippen LogP contribution in [-0.4, -0.2) is 61.9 Å². The molecule has 0 radical (unpaired) electrons. The fourth-order valence-corrected chi connectivity index (χ4v) is 4.77. The smallest absolute Gasteiger partial charge is 0.229 e. The summed E-state index contributed by atoms with van der Waals surface area (Å²) >= 11 is 6.47. The minimum atomic E-state index is -0.389. The molecule has 2 fully saturated rings. The SMILES string of the molecule is O=C(Nc1cc(-c2cccc(NCC3CCOCC3)c2)c(Cl)cn1)[C@H]1CCCN(CCF)C1. The summed E-state index contributed by atoms with van der Waals surface area (Å²) in [6, 6.07) is 9.94. The number of ether oxygens (including phenoxy) is 1. The number of hydrogen-bond donors (Lipinski definition) is 2. The van der Waals surface area contributed by atoms with E-state index in [4.69, 9.17) is 16.3 Å². The summed E-state index contributed by atoms with van der Waals surface area (Å²) in [5.74, 6) is 0.854. The molecule has 2 saturated heterocycles. The van der Waals surface area contributed by atoms with Gasteiger partial charge in [-0.15, -0.1) is 0 Å². The molecular formula is C25H32ClFN4O2. The molecule has 1 amide bonds. The summed E-state index contributed by atoms with van der Waals surface area (Å²) in [5, 5.41) is 7.00. The number of piperidine rings is 1. The summed E-state index contributed by atoms with van der Waals surface area (Å²) in [6.07, 6.45) is 5.43. The average Bonchev–Trinajstić information content (AvgIpc) is 2.85. The number of amides is 1. The van der Waals surface area contributed by atoms with Crippen molar-refractivity contribution in [2.45, 2.75) is 25.7 Å². The molecule has 2 N–H and O–H groups in total. The van der Waals surface area contributed by atoms with Crippen molar-refractivity contribution in [1.82, 2.24) is 9.88 Å². The number of halogens is 2. The molecule has 0 unspecified atom stereocenters. The normalized spacial score (nSPS) is 19.9. The van der Waals surface area contributed by atoms with Crippen LogP contribution in [0.15, 0.2) is 36.5 Å². The molecule has 178 valence electrons. The Bertz CT molecular complexity index is 936. The minimum Gasteiger partial charge on any atom is -0.385 e. The lowest BCUT2D eigenvalue weighted by molar-refractivity contribution is -0.121. The van der Waals surface area contributed by atoms with Crippen LogP contribution in [-0.2, 0) is 9.53 Å². The van der Waals surface area contributed by atoms with Crippen molar-refractivity contribution < 1.29 is 13.9 Å². The van der Waals surface area contributed by atoms with E-state index >= 15 is 0 Å². The van der Waals surface area contributed by atoms with Crippen LogP contribution in [0.1, 0.15) is 25.7 Å². The number of alkyl halides is 1. The Kier molecular flexibility index (Phi) is 8.53.